The zero-order valence-corrected chi connectivity index (χ0v) is 10.9. The fourth-order valence-corrected chi connectivity index (χ4v) is 1.97. The van der Waals surface area contributed by atoms with Crippen LogP contribution >= 0.6 is 23.8 Å². The lowest BCUT2D eigenvalue weighted by Gasteiger charge is -2.17. The molecule has 1 aromatic carbocycles. The molecule has 1 fully saturated rings. The van der Waals surface area contributed by atoms with Gasteiger partial charge < -0.3 is 10.6 Å². The van der Waals surface area contributed by atoms with E-state index in [0.717, 1.165) is 11.3 Å². The molecule has 1 amide bonds. The maximum Gasteiger partial charge on any atom is 0.249 e. The molecule has 6 heteroatoms. The number of amides is 1. The number of carbonyl (C=O) groups excluding carboxylic acids is 1. The molecule has 1 aliphatic rings. The number of nitrogens with zero attached hydrogens (tertiary/aromatic N) is 1. The highest BCUT2D eigenvalue weighted by Gasteiger charge is 2.24. The lowest BCUT2D eigenvalue weighted by molar-refractivity contribution is -0.124. The van der Waals surface area contributed by atoms with Crippen LogP contribution in [0.15, 0.2) is 18.2 Å². The van der Waals surface area contributed by atoms with Crippen molar-refractivity contribution in [2.45, 2.75) is 6.92 Å². The van der Waals surface area contributed by atoms with Crippen molar-refractivity contribution in [3.63, 3.8) is 0 Å². The van der Waals surface area contributed by atoms with Gasteiger partial charge in [-0.25, -0.2) is 0 Å². The summed E-state index contributed by atoms with van der Waals surface area (Å²) in [5, 5.41) is 7.09. The molecule has 1 aromatic rings. The molecular weight excluding hydrogens is 258 g/mol. The van der Waals surface area contributed by atoms with E-state index in [9.17, 15) is 4.79 Å². The van der Waals surface area contributed by atoms with Gasteiger partial charge in [0.2, 0.25) is 5.91 Å². The van der Waals surface area contributed by atoms with Gasteiger partial charge in [0.25, 0.3) is 0 Å². The van der Waals surface area contributed by atoms with Crippen LogP contribution in [0.4, 0.5) is 5.69 Å². The van der Waals surface area contributed by atoms with Crippen molar-refractivity contribution in [1.82, 2.24) is 10.2 Å². The minimum absolute atomic E-state index is 0.0258. The molecule has 0 aromatic heterocycles. The number of anilines is 1. The number of thiocarbonyl (C=S) groups is 1. The first-order valence-corrected chi connectivity index (χ1v) is 5.95. The molecule has 1 saturated heterocycles. The summed E-state index contributed by atoms with van der Waals surface area (Å²) in [6.45, 7) is 2.60. The van der Waals surface area contributed by atoms with E-state index in [1.54, 1.807) is 0 Å². The summed E-state index contributed by atoms with van der Waals surface area (Å²) in [7, 11) is 0. The number of halogens is 1. The molecule has 0 spiro atoms. The number of aryl methyl sites for hydroxylation is 1. The summed E-state index contributed by atoms with van der Waals surface area (Å²) in [5.74, 6) is -0.0258. The SMILES string of the molecule is Cc1ccc(Cl)cc1NCN1C(=O)CNC1=S. The maximum atomic E-state index is 11.5. The van der Waals surface area contributed by atoms with Gasteiger partial charge in [0.05, 0.1) is 13.2 Å². The van der Waals surface area contributed by atoms with Crippen LogP contribution < -0.4 is 10.6 Å². The van der Waals surface area contributed by atoms with E-state index in [4.69, 9.17) is 23.8 Å². The van der Waals surface area contributed by atoms with Crippen molar-refractivity contribution in [1.29, 1.82) is 0 Å². The fraction of sp³-hybridized carbons (Fsp3) is 0.273. The van der Waals surface area contributed by atoms with E-state index in [0.29, 0.717) is 16.8 Å². The second-order valence-corrected chi connectivity index (χ2v) is 4.60. The minimum atomic E-state index is -0.0258. The summed E-state index contributed by atoms with van der Waals surface area (Å²) in [6, 6.07) is 5.58. The third-order valence-corrected chi connectivity index (χ3v) is 3.16. The number of hydrogen-bond acceptors (Lipinski definition) is 3. The molecule has 0 aliphatic carbocycles. The van der Waals surface area contributed by atoms with Gasteiger partial charge >= 0.3 is 0 Å². The molecule has 0 radical (unpaired) electrons. The maximum absolute atomic E-state index is 11.5. The zero-order valence-electron chi connectivity index (χ0n) is 9.29. The highest BCUT2D eigenvalue weighted by atomic mass is 35.5. The van der Waals surface area contributed by atoms with Crippen LogP contribution in [0.3, 0.4) is 0 Å². The first kappa shape index (κ1) is 12.1. The molecule has 4 nitrogen and oxygen atoms in total. The van der Waals surface area contributed by atoms with Crippen LogP contribution in [-0.4, -0.2) is 29.1 Å². The van der Waals surface area contributed by atoms with Gasteiger partial charge in [-0.1, -0.05) is 17.7 Å². The summed E-state index contributed by atoms with van der Waals surface area (Å²) in [4.78, 5) is 13.0. The van der Waals surface area contributed by atoms with Crippen molar-refractivity contribution in [2.75, 3.05) is 18.5 Å². The summed E-state index contributed by atoms with van der Waals surface area (Å²) in [5.41, 5.74) is 1.97. The average Bonchev–Trinajstić information content (AvgIpc) is 2.61. The lowest BCUT2D eigenvalue weighted by atomic mass is 10.2. The van der Waals surface area contributed by atoms with E-state index < -0.39 is 0 Å². The monoisotopic (exact) mass is 269 g/mol. The standard InChI is InChI=1S/C11H12ClN3OS/c1-7-2-3-8(12)4-9(7)14-6-15-10(16)5-13-11(15)17/h2-4,14H,5-6H2,1H3,(H,13,17). The van der Waals surface area contributed by atoms with Gasteiger partial charge in [-0.05, 0) is 36.8 Å². The normalized spacial score (nSPS) is 15.1. The van der Waals surface area contributed by atoms with Crippen LogP contribution in [0.5, 0.6) is 0 Å². The molecule has 0 unspecified atom stereocenters. The third-order valence-electron chi connectivity index (χ3n) is 2.56. The fourth-order valence-electron chi connectivity index (χ4n) is 1.56. The number of rotatable bonds is 3. The second-order valence-electron chi connectivity index (χ2n) is 3.77. The Morgan fingerprint density at radius 3 is 3.00 bits per heavy atom. The molecule has 0 saturated carbocycles. The smallest absolute Gasteiger partial charge is 0.249 e. The van der Waals surface area contributed by atoms with E-state index in [-0.39, 0.29) is 12.5 Å². The molecule has 17 heavy (non-hydrogen) atoms. The highest BCUT2D eigenvalue weighted by Crippen LogP contribution is 2.20. The highest BCUT2D eigenvalue weighted by molar-refractivity contribution is 7.80. The lowest BCUT2D eigenvalue weighted by Crippen LogP contribution is -2.35. The molecule has 2 rings (SSSR count). The Labute approximate surface area is 110 Å². The summed E-state index contributed by atoms with van der Waals surface area (Å²) >= 11 is 10.9. The summed E-state index contributed by atoms with van der Waals surface area (Å²) < 4.78 is 0. The second kappa shape index (κ2) is 4.89. The van der Waals surface area contributed by atoms with Gasteiger partial charge in [-0.3, -0.25) is 9.69 Å². The number of carbonyl (C=O) groups is 1. The van der Waals surface area contributed by atoms with Crippen LogP contribution in [0.1, 0.15) is 5.56 Å². The van der Waals surface area contributed by atoms with E-state index in [1.165, 1.54) is 4.90 Å². The predicted molar refractivity (Wildman–Crippen MR) is 72.1 cm³/mol. The Kier molecular flexibility index (Phi) is 3.49. The van der Waals surface area contributed by atoms with Gasteiger partial charge in [0.1, 0.15) is 0 Å². The molecule has 2 N–H and O–H groups in total. The quantitative estimate of drug-likeness (QED) is 0.821. The van der Waals surface area contributed by atoms with E-state index in [1.807, 2.05) is 25.1 Å². The van der Waals surface area contributed by atoms with Gasteiger partial charge in [0, 0.05) is 10.7 Å². The van der Waals surface area contributed by atoms with Gasteiger partial charge in [-0.2, -0.15) is 0 Å². The minimum Gasteiger partial charge on any atom is -0.367 e. The molecule has 90 valence electrons. The van der Waals surface area contributed by atoms with E-state index in [2.05, 4.69) is 10.6 Å². The molecule has 1 heterocycles. The Balaban J connectivity index is 2.04. The molecule has 1 aliphatic heterocycles. The van der Waals surface area contributed by atoms with Gasteiger partial charge in [0.15, 0.2) is 5.11 Å². The number of hydrogen-bond donors (Lipinski definition) is 2. The molecule has 0 atom stereocenters. The topological polar surface area (TPSA) is 44.4 Å². The van der Waals surface area contributed by atoms with E-state index >= 15 is 0 Å². The van der Waals surface area contributed by atoms with Crippen molar-refractivity contribution in [3.05, 3.63) is 28.8 Å². The Hall–Kier alpha value is -1.33. The van der Waals surface area contributed by atoms with Crippen LogP contribution in [-0.2, 0) is 4.79 Å². The summed E-state index contributed by atoms with van der Waals surface area (Å²) in [6.07, 6.45) is 0. The first-order chi connectivity index (χ1) is 8.08. The average molecular weight is 270 g/mol. The number of nitrogens with one attached hydrogen (secondary N) is 2. The van der Waals surface area contributed by atoms with Crippen molar-refractivity contribution in [2.24, 2.45) is 0 Å². The van der Waals surface area contributed by atoms with Crippen molar-refractivity contribution >= 4 is 40.5 Å². The van der Waals surface area contributed by atoms with Gasteiger partial charge in [-0.15, -0.1) is 0 Å². The Morgan fingerprint density at radius 2 is 2.35 bits per heavy atom. The predicted octanol–water partition coefficient (Wildman–Crippen LogP) is 1.73. The molecule has 0 bridgehead atoms. The third kappa shape index (κ3) is 2.68. The first-order valence-electron chi connectivity index (χ1n) is 5.16. The van der Waals surface area contributed by atoms with Crippen LogP contribution in [0.25, 0.3) is 0 Å². The number of benzene rings is 1. The Bertz CT molecular complexity index is 462. The Morgan fingerprint density at radius 1 is 1.59 bits per heavy atom. The van der Waals surface area contributed by atoms with Crippen molar-refractivity contribution in [3.8, 4) is 0 Å². The largest absolute Gasteiger partial charge is 0.367 e. The zero-order chi connectivity index (χ0) is 12.4. The van der Waals surface area contributed by atoms with Crippen molar-refractivity contribution < 1.29 is 4.79 Å². The molecular formula is C11H12ClN3OS. The van der Waals surface area contributed by atoms with Crippen LogP contribution in [0, 0.1) is 6.92 Å². The van der Waals surface area contributed by atoms with Crippen LogP contribution in [0.2, 0.25) is 5.02 Å².